The summed E-state index contributed by atoms with van der Waals surface area (Å²) in [6, 6.07) is 0. The van der Waals surface area contributed by atoms with Crippen LogP contribution in [0.25, 0.3) is 4.83 Å². The minimum absolute atomic E-state index is 0.0825. The molecule has 1 N–H and O–H groups in total. The van der Waals surface area contributed by atoms with Gasteiger partial charge in [-0.15, -0.1) is 11.3 Å². The molecule has 0 atom stereocenters. The van der Waals surface area contributed by atoms with Crippen molar-refractivity contribution in [2.45, 2.75) is 6.54 Å². The highest BCUT2D eigenvalue weighted by atomic mass is 32.1. The molecule has 0 spiro atoms. The largest absolute Gasteiger partial charge is 0.344 e. The molecule has 0 saturated heterocycles. The van der Waals surface area contributed by atoms with Crippen molar-refractivity contribution in [2.75, 3.05) is 0 Å². The van der Waals surface area contributed by atoms with Gasteiger partial charge in [0.2, 0.25) is 5.82 Å². The number of thiazole rings is 1. The first-order valence-corrected chi connectivity index (χ1v) is 4.46. The Morgan fingerprint density at radius 2 is 2.58 bits per heavy atom. The van der Waals surface area contributed by atoms with Gasteiger partial charge in [-0.1, -0.05) is 0 Å². The molecule has 1 aliphatic rings. The van der Waals surface area contributed by atoms with Crippen LogP contribution in [-0.4, -0.2) is 15.3 Å². The fourth-order valence-electron chi connectivity index (χ4n) is 1.41. The van der Waals surface area contributed by atoms with E-state index < -0.39 is 0 Å². The highest BCUT2D eigenvalue weighted by molar-refractivity contribution is 7.15. The standard InChI is InChI=1S/C7H5N3OS/c11-7-6-8-2-5-10(6)4(1-9-7)3-12-5/h2-3H,1H2,(H,9,11). The van der Waals surface area contributed by atoms with Crippen LogP contribution < -0.4 is 5.32 Å². The zero-order valence-corrected chi connectivity index (χ0v) is 6.89. The number of amides is 1. The van der Waals surface area contributed by atoms with Crippen molar-refractivity contribution < 1.29 is 4.79 Å². The van der Waals surface area contributed by atoms with Crippen LogP contribution in [-0.2, 0) is 6.54 Å². The van der Waals surface area contributed by atoms with Gasteiger partial charge in [0.25, 0.3) is 5.91 Å². The maximum atomic E-state index is 11.2. The summed E-state index contributed by atoms with van der Waals surface area (Å²) in [6.45, 7) is 0.613. The van der Waals surface area contributed by atoms with Crippen LogP contribution in [0.2, 0.25) is 0 Å². The number of hydrogen-bond acceptors (Lipinski definition) is 3. The highest BCUT2D eigenvalue weighted by Gasteiger charge is 2.20. The summed E-state index contributed by atoms with van der Waals surface area (Å²) >= 11 is 1.61. The van der Waals surface area contributed by atoms with Gasteiger partial charge in [-0.05, 0) is 0 Å². The predicted octanol–water partition coefficient (Wildman–Crippen LogP) is 0.639. The molecule has 5 heteroatoms. The van der Waals surface area contributed by atoms with Crippen molar-refractivity contribution >= 4 is 22.1 Å². The number of nitrogens with one attached hydrogen (secondary N) is 1. The lowest BCUT2D eigenvalue weighted by Gasteiger charge is -2.10. The molecule has 60 valence electrons. The molecule has 3 rings (SSSR count). The third-order valence-electron chi connectivity index (χ3n) is 1.97. The molecule has 0 radical (unpaired) electrons. The van der Waals surface area contributed by atoms with Crippen molar-refractivity contribution in [3.8, 4) is 0 Å². The van der Waals surface area contributed by atoms with Gasteiger partial charge in [0.15, 0.2) is 0 Å². The van der Waals surface area contributed by atoms with E-state index in [0.29, 0.717) is 12.4 Å². The fraction of sp³-hybridized carbons (Fsp3) is 0.143. The van der Waals surface area contributed by atoms with E-state index in [-0.39, 0.29) is 5.91 Å². The lowest BCUT2D eigenvalue weighted by Crippen LogP contribution is -2.30. The van der Waals surface area contributed by atoms with Gasteiger partial charge < -0.3 is 5.32 Å². The van der Waals surface area contributed by atoms with E-state index in [1.807, 2.05) is 9.78 Å². The lowest BCUT2D eigenvalue weighted by molar-refractivity contribution is 0.0931. The zero-order valence-electron chi connectivity index (χ0n) is 6.07. The number of aromatic nitrogens is 2. The SMILES string of the molecule is O=C1NCc2csc3cnc1n23. The van der Waals surface area contributed by atoms with Crippen molar-refractivity contribution in [2.24, 2.45) is 0 Å². The van der Waals surface area contributed by atoms with E-state index in [2.05, 4.69) is 10.3 Å². The molecule has 0 aromatic carbocycles. The van der Waals surface area contributed by atoms with Crippen LogP contribution in [0.5, 0.6) is 0 Å². The van der Waals surface area contributed by atoms with E-state index in [4.69, 9.17) is 0 Å². The first kappa shape index (κ1) is 6.19. The van der Waals surface area contributed by atoms with E-state index in [1.54, 1.807) is 17.5 Å². The third kappa shape index (κ3) is 0.574. The number of carbonyl (C=O) groups excluding carboxylic acids is 1. The summed E-state index contributed by atoms with van der Waals surface area (Å²) in [5, 5.41) is 4.80. The first-order valence-electron chi connectivity index (χ1n) is 3.58. The second-order valence-electron chi connectivity index (χ2n) is 2.67. The third-order valence-corrected chi connectivity index (χ3v) is 2.88. The zero-order chi connectivity index (χ0) is 8.13. The Kier molecular flexibility index (Phi) is 0.962. The number of imidazole rings is 1. The highest BCUT2D eigenvalue weighted by Crippen LogP contribution is 2.20. The van der Waals surface area contributed by atoms with Gasteiger partial charge in [0.1, 0.15) is 4.83 Å². The minimum Gasteiger partial charge on any atom is -0.344 e. The summed E-state index contributed by atoms with van der Waals surface area (Å²) in [5.41, 5.74) is 1.11. The molecule has 0 unspecified atom stereocenters. The monoisotopic (exact) mass is 179 g/mol. The fourth-order valence-corrected chi connectivity index (χ4v) is 2.28. The molecule has 3 heterocycles. The van der Waals surface area contributed by atoms with E-state index in [0.717, 1.165) is 10.5 Å². The number of hydrogen-bond donors (Lipinski definition) is 1. The normalized spacial score (nSPS) is 15.2. The van der Waals surface area contributed by atoms with Gasteiger partial charge in [-0.25, -0.2) is 4.98 Å². The Labute approximate surface area is 71.8 Å². The number of rotatable bonds is 0. The molecule has 0 aliphatic carbocycles. The molecule has 1 aliphatic heterocycles. The molecule has 0 bridgehead atoms. The van der Waals surface area contributed by atoms with E-state index in [1.165, 1.54) is 0 Å². The quantitative estimate of drug-likeness (QED) is 0.645. The molecular weight excluding hydrogens is 174 g/mol. The van der Waals surface area contributed by atoms with Crippen LogP contribution >= 0.6 is 11.3 Å². The Morgan fingerprint density at radius 3 is 3.50 bits per heavy atom. The van der Waals surface area contributed by atoms with Crippen LogP contribution in [0.1, 0.15) is 16.3 Å². The smallest absolute Gasteiger partial charge is 0.288 e. The summed E-state index contributed by atoms with van der Waals surface area (Å²) in [5.74, 6) is 0.424. The Bertz CT molecular complexity index is 470. The van der Waals surface area contributed by atoms with Gasteiger partial charge in [-0.3, -0.25) is 9.20 Å². The summed E-state index contributed by atoms with van der Waals surface area (Å²) < 4.78 is 1.91. The minimum atomic E-state index is -0.0825. The molecule has 12 heavy (non-hydrogen) atoms. The van der Waals surface area contributed by atoms with Gasteiger partial charge in [-0.2, -0.15) is 0 Å². The number of carbonyl (C=O) groups is 1. The van der Waals surface area contributed by atoms with E-state index in [9.17, 15) is 4.79 Å². The average molecular weight is 179 g/mol. The summed E-state index contributed by atoms with van der Waals surface area (Å²) in [7, 11) is 0. The molecular formula is C7H5N3OS. The maximum absolute atomic E-state index is 11.2. The van der Waals surface area contributed by atoms with Gasteiger partial charge in [0, 0.05) is 5.38 Å². The molecule has 0 fully saturated rings. The molecule has 0 saturated carbocycles. The Morgan fingerprint density at radius 1 is 1.67 bits per heavy atom. The molecule has 1 amide bonds. The van der Waals surface area contributed by atoms with E-state index >= 15 is 0 Å². The van der Waals surface area contributed by atoms with Crippen LogP contribution in [0.3, 0.4) is 0 Å². The van der Waals surface area contributed by atoms with Crippen molar-refractivity contribution in [3.63, 3.8) is 0 Å². The topological polar surface area (TPSA) is 46.4 Å². The Balaban J connectivity index is 2.52. The molecule has 2 aromatic heterocycles. The van der Waals surface area contributed by atoms with Crippen LogP contribution in [0.4, 0.5) is 0 Å². The Hall–Kier alpha value is -1.36. The van der Waals surface area contributed by atoms with Gasteiger partial charge in [0.05, 0.1) is 18.4 Å². The van der Waals surface area contributed by atoms with Crippen LogP contribution in [0, 0.1) is 0 Å². The summed E-state index contributed by atoms with van der Waals surface area (Å²) in [4.78, 5) is 16.3. The predicted molar refractivity (Wildman–Crippen MR) is 44.2 cm³/mol. The first-order chi connectivity index (χ1) is 5.86. The lowest BCUT2D eigenvalue weighted by atomic mass is 10.4. The molecule has 2 aromatic rings. The summed E-state index contributed by atoms with van der Waals surface area (Å²) in [6.07, 6.45) is 1.73. The van der Waals surface area contributed by atoms with Gasteiger partial charge >= 0.3 is 0 Å². The van der Waals surface area contributed by atoms with Crippen molar-refractivity contribution in [3.05, 3.63) is 23.1 Å². The van der Waals surface area contributed by atoms with Crippen LogP contribution in [0.15, 0.2) is 11.6 Å². The van der Waals surface area contributed by atoms with Crippen molar-refractivity contribution in [1.82, 2.24) is 14.7 Å². The second-order valence-corrected chi connectivity index (χ2v) is 3.55. The average Bonchev–Trinajstić information content (AvgIpc) is 2.61. The number of nitrogens with zero attached hydrogens (tertiary/aromatic N) is 2. The van der Waals surface area contributed by atoms with Crippen molar-refractivity contribution in [1.29, 1.82) is 0 Å². The molecule has 4 nitrogen and oxygen atoms in total. The second kappa shape index (κ2) is 1.87. The maximum Gasteiger partial charge on any atom is 0.288 e.